The van der Waals surface area contributed by atoms with Crippen LogP contribution in [0.5, 0.6) is 5.75 Å². The van der Waals surface area contributed by atoms with Gasteiger partial charge in [-0.05, 0) is 19.1 Å². The van der Waals surface area contributed by atoms with E-state index in [1.54, 1.807) is 32.2 Å². The molecule has 1 aromatic carbocycles. The van der Waals surface area contributed by atoms with Crippen LogP contribution in [0.4, 0.5) is 11.4 Å². The second-order valence-electron chi connectivity index (χ2n) is 3.96. The van der Waals surface area contributed by atoms with Gasteiger partial charge in [-0.25, -0.2) is 0 Å². The number of nitrogen functional groups attached to an aromatic ring is 1. The van der Waals surface area contributed by atoms with E-state index in [9.17, 15) is 0 Å². The lowest BCUT2D eigenvalue weighted by molar-refractivity contribution is 0.147. The highest BCUT2D eigenvalue weighted by Crippen LogP contribution is 2.26. The SMILES string of the molecule is COc1ccc(NC(C)(CO)CO)c(N)c1. The van der Waals surface area contributed by atoms with Crippen LogP contribution in [-0.4, -0.2) is 36.1 Å². The lowest BCUT2D eigenvalue weighted by Crippen LogP contribution is -2.42. The Kier molecular flexibility index (Phi) is 3.98. The maximum atomic E-state index is 9.15. The summed E-state index contributed by atoms with van der Waals surface area (Å²) in [6.45, 7) is 1.33. The largest absolute Gasteiger partial charge is 0.497 e. The third kappa shape index (κ3) is 2.77. The Balaban J connectivity index is 2.89. The summed E-state index contributed by atoms with van der Waals surface area (Å²) in [4.78, 5) is 0. The molecule has 0 atom stereocenters. The second-order valence-corrected chi connectivity index (χ2v) is 3.96. The summed E-state index contributed by atoms with van der Waals surface area (Å²) in [6, 6.07) is 5.18. The van der Waals surface area contributed by atoms with E-state index in [1.165, 1.54) is 0 Å². The smallest absolute Gasteiger partial charge is 0.121 e. The van der Waals surface area contributed by atoms with E-state index in [1.807, 2.05) is 0 Å². The lowest BCUT2D eigenvalue weighted by Gasteiger charge is -2.28. The van der Waals surface area contributed by atoms with Crippen LogP contribution in [0.25, 0.3) is 0 Å². The zero-order valence-corrected chi connectivity index (χ0v) is 9.53. The zero-order valence-electron chi connectivity index (χ0n) is 9.53. The highest BCUT2D eigenvalue weighted by Gasteiger charge is 2.22. The first kappa shape index (κ1) is 12.6. The van der Waals surface area contributed by atoms with Crippen molar-refractivity contribution in [2.24, 2.45) is 0 Å². The number of aliphatic hydroxyl groups excluding tert-OH is 2. The van der Waals surface area contributed by atoms with Gasteiger partial charge in [0, 0.05) is 6.07 Å². The number of nitrogens with one attached hydrogen (secondary N) is 1. The molecule has 0 unspecified atom stereocenters. The number of hydrogen-bond acceptors (Lipinski definition) is 5. The van der Waals surface area contributed by atoms with Crippen LogP contribution in [0.1, 0.15) is 6.92 Å². The Morgan fingerprint density at radius 2 is 2.00 bits per heavy atom. The zero-order chi connectivity index (χ0) is 12.2. The van der Waals surface area contributed by atoms with Crippen LogP contribution < -0.4 is 15.8 Å². The molecule has 0 aromatic heterocycles. The molecule has 0 aliphatic carbocycles. The minimum absolute atomic E-state index is 0.186. The van der Waals surface area contributed by atoms with E-state index in [4.69, 9.17) is 20.7 Å². The fraction of sp³-hybridized carbons (Fsp3) is 0.455. The van der Waals surface area contributed by atoms with Gasteiger partial charge in [-0.15, -0.1) is 0 Å². The third-order valence-corrected chi connectivity index (χ3v) is 2.39. The first-order chi connectivity index (χ1) is 7.54. The van der Waals surface area contributed by atoms with E-state index < -0.39 is 5.54 Å². The van der Waals surface area contributed by atoms with Gasteiger partial charge in [0.25, 0.3) is 0 Å². The van der Waals surface area contributed by atoms with Crippen molar-refractivity contribution in [1.29, 1.82) is 0 Å². The maximum absolute atomic E-state index is 9.15. The Labute approximate surface area is 94.8 Å². The van der Waals surface area contributed by atoms with Crippen molar-refractivity contribution in [2.45, 2.75) is 12.5 Å². The summed E-state index contributed by atoms with van der Waals surface area (Å²) in [5.74, 6) is 0.665. The Morgan fingerprint density at radius 3 is 2.44 bits per heavy atom. The van der Waals surface area contributed by atoms with Gasteiger partial charge < -0.3 is 26.0 Å². The van der Waals surface area contributed by atoms with Crippen LogP contribution in [0.2, 0.25) is 0 Å². The number of anilines is 2. The first-order valence-electron chi connectivity index (χ1n) is 4.98. The highest BCUT2D eigenvalue weighted by atomic mass is 16.5. The fourth-order valence-electron chi connectivity index (χ4n) is 1.24. The predicted molar refractivity (Wildman–Crippen MR) is 63.6 cm³/mol. The molecule has 0 saturated heterocycles. The van der Waals surface area contributed by atoms with Gasteiger partial charge in [0.05, 0.1) is 37.2 Å². The molecule has 0 bridgehead atoms. The molecule has 0 aliphatic heterocycles. The minimum Gasteiger partial charge on any atom is -0.497 e. The van der Waals surface area contributed by atoms with Crippen molar-refractivity contribution in [3.8, 4) is 5.75 Å². The first-order valence-corrected chi connectivity index (χ1v) is 4.98. The highest BCUT2D eigenvalue weighted by molar-refractivity contribution is 5.69. The molecule has 0 saturated carbocycles. The van der Waals surface area contributed by atoms with Crippen LogP contribution in [0.15, 0.2) is 18.2 Å². The Morgan fingerprint density at radius 1 is 1.38 bits per heavy atom. The Bertz CT molecular complexity index is 351. The molecule has 0 aliphatic rings. The van der Waals surface area contributed by atoms with Crippen LogP contribution in [0.3, 0.4) is 0 Å². The molecule has 16 heavy (non-hydrogen) atoms. The average Bonchev–Trinajstić information content (AvgIpc) is 2.31. The molecule has 5 nitrogen and oxygen atoms in total. The molecule has 1 aromatic rings. The van der Waals surface area contributed by atoms with Crippen molar-refractivity contribution in [3.63, 3.8) is 0 Å². The number of nitrogens with two attached hydrogens (primary N) is 1. The van der Waals surface area contributed by atoms with Gasteiger partial charge in [-0.2, -0.15) is 0 Å². The van der Waals surface area contributed by atoms with E-state index >= 15 is 0 Å². The minimum atomic E-state index is -0.789. The molecule has 90 valence electrons. The van der Waals surface area contributed by atoms with E-state index in [0.29, 0.717) is 17.1 Å². The van der Waals surface area contributed by atoms with E-state index in [2.05, 4.69) is 5.32 Å². The summed E-state index contributed by atoms with van der Waals surface area (Å²) < 4.78 is 5.03. The number of aliphatic hydroxyl groups is 2. The van der Waals surface area contributed by atoms with Crippen molar-refractivity contribution in [2.75, 3.05) is 31.4 Å². The van der Waals surface area contributed by atoms with Gasteiger partial charge in [0.2, 0.25) is 0 Å². The molecule has 0 spiro atoms. The molecule has 0 radical (unpaired) electrons. The molecular weight excluding hydrogens is 208 g/mol. The van der Waals surface area contributed by atoms with Crippen LogP contribution >= 0.6 is 0 Å². The summed E-state index contributed by atoms with van der Waals surface area (Å²) >= 11 is 0. The number of ether oxygens (including phenoxy) is 1. The lowest BCUT2D eigenvalue weighted by atomic mass is 10.0. The third-order valence-electron chi connectivity index (χ3n) is 2.39. The molecule has 0 amide bonds. The number of rotatable bonds is 5. The second kappa shape index (κ2) is 5.05. The van der Waals surface area contributed by atoms with E-state index in [-0.39, 0.29) is 13.2 Å². The summed E-state index contributed by atoms with van der Waals surface area (Å²) in [6.07, 6.45) is 0. The Hall–Kier alpha value is -1.46. The summed E-state index contributed by atoms with van der Waals surface area (Å²) in [7, 11) is 1.56. The predicted octanol–water partition coefficient (Wildman–Crippen LogP) is 0.433. The van der Waals surface area contributed by atoms with Gasteiger partial charge >= 0.3 is 0 Å². The topological polar surface area (TPSA) is 87.7 Å². The van der Waals surface area contributed by atoms with Gasteiger partial charge in [-0.3, -0.25) is 0 Å². The number of methoxy groups -OCH3 is 1. The van der Waals surface area contributed by atoms with Crippen LogP contribution in [0, 0.1) is 0 Å². The average molecular weight is 226 g/mol. The molecule has 5 heteroatoms. The van der Waals surface area contributed by atoms with Crippen LogP contribution in [-0.2, 0) is 0 Å². The molecule has 0 fully saturated rings. The quantitative estimate of drug-likeness (QED) is 0.547. The van der Waals surface area contributed by atoms with Crippen molar-refractivity contribution in [1.82, 2.24) is 0 Å². The number of benzene rings is 1. The molecule has 0 heterocycles. The molecule has 1 rings (SSSR count). The molecule has 5 N–H and O–H groups in total. The van der Waals surface area contributed by atoms with Gasteiger partial charge in [0.15, 0.2) is 0 Å². The maximum Gasteiger partial charge on any atom is 0.121 e. The van der Waals surface area contributed by atoms with Crippen molar-refractivity contribution < 1.29 is 14.9 Å². The normalized spacial score (nSPS) is 11.2. The van der Waals surface area contributed by atoms with Gasteiger partial charge in [-0.1, -0.05) is 0 Å². The monoisotopic (exact) mass is 226 g/mol. The van der Waals surface area contributed by atoms with Gasteiger partial charge in [0.1, 0.15) is 5.75 Å². The fourth-order valence-corrected chi connectivity index (χ4v) is 1.24. The van der Waals surface area contributed by atoms with Crippen molar-refractivity contribution >= 4 is 11.4 Å². The number of hydrogen-bond donors (Lipinski definition) is 4. The van der Waals surface area contributed by atoms with Crippen molar-refractivity contribution in [3.05, 3.63) is 18.2 Å². The molecular formula is C11H18N2O3. The standard InChI is InChI=1S/C11H18N2O3/c1-11(6-14,7-15)13-10-4-3-8(16-2)5-9(10)12/h3-5,13-15H,6-7,12H2,1-2H3. The summed E-state index contributed by atoms with van der Waals surface area (Å²) in [5, 5.41) is 21.3. The van der Waals surface area contributed by atoms with E-state index in [0.717, 1.165) is 0 Å². The summed E-state index contributed by atoms with van der Waals surface area (Å²) in [5.41, 5.74) is 6.18.